The summed E-state index contributed by atoms with van der Waals surface area (Å²) >= 11 is 4.58. The molecule has 31 heavy (non-hydrogen) atoms. The molecule has 0 radical (unpaired) electrons. The molecule has 156 valence electrons. The minimum atomic E-state index is -0.551. The maximum absolute atomic E-state index is 12.2. The molecule has 3 aromatic rings. The van der Waals surface area contributed by atoms with E-state index < -0.39 is 5.25 Å². The fourth-order valence-corrected chi connectivity index (χ4v) is 4.01. The number of amides is 2. The number of anilines is 1. The fourth-order valence-electron chi connectivity index (χ4n) is 2.82. The second kappa shape index (κ2) is 9.76. The van der Waals surface area contributed by atoms with Crippen LogP contribution in [-0.4, -0.2) is 28.4 Å². The summed E-state index contributed by atoms with van der Waals surface area (Å²) in [6.45, 7) is 0. The highest BCUT2D eigenvalue weighted by Gasteiger charge is 2.32. The van der Waals surface area contributed by atoms with Crippen molar-refractivity contribution in [3.05, 3.63) is 77.0 Å². The average Bonchev–Trinajstić information content (AvgIpc) is 3.36. The van der Waals surface area contributed by atoms with Crippen LogP contribution in [0.3, 0.4) is 0 Å². The zero-order valence-electron chi connectivity index (χ0n) is 16.1. The molecule has 1 aliphatic rings. The van der Waals surface area contributed by atoms with Crippen molar-refractivity contribution >= 4 is 56.6 Å². The molecule has 1 atom stereocenters. The zero-order chi connectivity index (χ0) is 21.6. The number of furan rings is 1. The number of rotatable bonds is 6. The van der Waals surface area contributed by atoms with Gasteiger partial charge in [-0.1, -0.05) is 58.0 Å². The van der Waals surface area contributed by atoms with Crippen LogP contribution in [0, 0.1) is 0 Å². The maximum Gasteiger partial charge on any atom is 0.240 e. The molecular formula is C22H17BrN4O3S. The average molecular weight is 497 g/mol. The number of halogens is 1. The number of amidine groups is 1. The van der Waals surface area contributed by atoms with E-state index in [-0.39, 0.29) is 18.2 Å². The number of para-hydroxylation sites is 1. The lowest BCUT2D eigenvalue weighted by Gasteiger charge is -2.06. The summed E-state index contributed by atoms with van der Waals surface area (Å²) in [6.07, 6.45) is 1.51. The van der Waals surface area contributed by atoms with Gasteiger partial charge in [-0.2, -0.15) is 5.10 Å². The van der Waals surface area contributed by atoms with E-state index in [0.29, 0.717) is 16.6 Å². The van der Waals surface area contributed by atoms with Crippen molar-refractivity contribution in [3.8, 4) is 11.3 Å². The molecule has 1 unspecified atom stereocenters. The number of carbonyl (C=O) groups is 2. The van der Waals surface area contributed by atoms with Crippen LogP contribution < -0.4 is 10.6 Å². The third kappa shape index (κ3) is 5.71. The fraction of sp³-hybridized carbons (Fsp3) is 0.0909. The van der Waals surface area contributed by atoms with E-state index in [4.69, 9.17) is 4.42 Å². The van der Waals surface area contributed by atoms with Gasteiger partial charge in [0.2, 0.25) is 11.8 Å². The number of hydrogen-bond acceptors (Lipinski definition) is 6. The molecule has 0 aliphatic carbocycles. The van der Waals surface area contributed by atoms with Crippen LogP contribution in [0.25, 0.3) is 11.3 Å². The smallest absolute Gasteiger partial charge is 0.240 e. The minimum Gasteiger partial charge on any atom is -0.455 e. The van der Waals surface area contributed by atoms with Gasteiger partial charge in [-0.3, -0.25) is 9.59 Å². The predicted octanol–water partition coefficient (Wildman–Crippen LogP) is 4.66. The summed E-state index contributed by atoms with van der Waals surface area (Å²) in [5.41, 5.74) is 1.64. The Morgan fingerprint density at radius 3 is 2.68 bits per heavy atom. The van der Waals surface area contributed by atoms with Gasteiger partial charge in [-0.05, 0) is 36.4 Å². The Bertz CT molecular complexity index is 1140. The number of hydrogen-bond donors (Lipinski definition) is 2. The van der Waals surface area contributed by atoms with Crippen molar-refractivity contribution < 1.29 is 14.0 Å². The molecular weight excluding hydrogens is 480 g/mol. The topological polar surface area (TPSA) is 96.1 Å². The van der Waals surface area contributed by atoms with Gasteiger partial charge >= 0.3 is 0 Å². The minimum absolute atomic E-state index is 0.0445. The van der Waals surface area contributed by atoms with Crippen molar-refractivity contribution in [2.45, 2.75) is 11.7 Å². The van der Waals surface area contributed by atoms with E-state index in [1.165, 1.54) is 18.0 Å². The number of nitrogens with one attached hydrogen (secondary N) is 2. The van der Waals surface area contributed by atoms with Crippen LogP contribution in [0.2, 0.25) is 0 Å². The lowest BCUT2D eigenvalue weighted by Crippen LogP contribution is -2.28. The van der Waals surface area contributed by atoms with Gasteiger partial charge in [0.15, 0.2) is 5.17 Å². The van der Waals surface area contributed by atoms with Crippen molar-refractivity contribution in [1.82, 2.24) is 5.32 Å². The van der Waals surface area contributed by atoms with Crippen molar-refractivity contribution in [1.29, 1.82) is 0 Å². The predicted molar refractivity (Wildman–Crippen MR) is 126 cm³/mol. The largest absolute Gasteiger partial charge is 0.455 e. The second-order valence-electron chi connectivity index (χ2n) is 6.57. The van der Waals surface area contributed by atoms with Crippen LogP contribution in [0.15, 0.2) is 85.8 Å². The summed E-state index contributed by atoms with van der Waals surface area (Å²) in [5, 5.41) is 13.2. The van der Waals surface area contributed by atoms with Crippen LogP contribution >= 0.6 is 27.7 Å². The molecule has 2 heterocycles. The highest BCUT2D eigenvalue weighted by atomic mass is 79.9. The zero-order valence-corrected chi connectivity index (χ0v) is 18.5. The van der Waals surface area contributed by atoms with Crippen molar-refractivity contribution in [2.75, 3.05) is 5.32 Å². The summed E-state index contributed by atoms with van der Waals surface area (Å²) in [5.74, 6) is 0.752. The van der Waals surface area contributed by atoms with Gasteiger partial charge < -0.3 is 15.1 Å². The number of nitrogens with zero attached hydrogens (tertiary/aromatic N) is 2. The van der Waals surface area contributed by atoms with Gasteiger partial charge in [0.05, 0.1) is 6.21 Å². The molecule has 1 saturated heterocycles. The Morgan fingerprint density at radius 2 is 1.90 bits per heavy atom. The molecule has 2 aromatic carbocycles. The van der Waals surface area contributed by atoms with Crippen molar-refractivity contribution in [3.63, 3.8) is 0 Å². The molecule has 1 aliphatic heterocycles. The summed E-state index contributed by atoms with van der Waals surface area (Å²) in [4.78, 5) is 24.3. The molecule has 2 amide bonds. The van der Waals surface area contributed by atoms with E-state index >= 15 is 0 Å². The van der Waals surface area contributed by atoms with E-state index in [9.17, 15) is 9.59 Å². The molecule has 9 heteroatoms. The Morgan fingerprint density at radius 1 is 1.13 bits per heavy atom. The molecule has 4 rings (SSSR count). The van der Waals surface area contributed by atoms with E-state index in [2.05, 4.69) is 36.8 Å². The normalized spacial score (nSPS) is 17.3. The highest BCUT2D eigenvalue weighted by molar-refractivity contribution is 9.10. The third-order valence-electron chi connectivity index (χ3n) is 4.29. The number of benzene rings is 2. The Labute approximate surface area is 191 Å². The quantitative estimate of drug-likeness (QED) is 0.383. The maximum atomic E-state index is 12.2. The third-order valence-corrected chi connectivity index (χ3v) is 5.89. The Kier molecular flexibility index (Phi) is 6.63. The monoisotopic (exact) mass is 496 g/mol. The van der Waals surface area contributed by atoms with Gasteiger partial charge in [0, 0.05) is 22.1 Å². The molecule has 7 nitrogen and oxygen atoms in total. The molecule has 1 fully saturated rings. The second-order valence-corrected chi connectivity index (χ2v) is 8.68. The van der Waals surface area contributed by atoms with Gasteiger partial charge in [-0.25, -0.2) is 0 Å². The molecule has 0 bridgehead atoms. The lowest BCUT2D eigenvalue weighted by molar-refractivity contribution is -0.122. The molecule has 0 spiro atoms. The van der Waals surface area contributed by atoms with Gasteiger partial charge in [0.1, 0.15) is 16.8 Å². The van der Waals surface area contributed by atoms with Gasteiger partial charge in [-0.15, -0.1) is 5.10 Å². The van der Waals surface area contributed by atoms with Crippen LogP contribution in [0.4, 0.5) is 5.69 Å². The molecule has 1 aromatic heterocycles. The molecule has 0 saturated carbocycles. The highest BCUT2D eigenvalue weighted by Crippen LogP contribution is 2.24. The first-order chi connectivity index (χ1) is 15.1. The van der Waals surface area contributed by atoms with Crippen LogP contribution in [0.1, 0.15) is 12.2 Å². The first kappa shape index (κ1) is 21.1. The standard InChI is InChI=1S/C22H17BrN4O3S/c23-15-8-6-14(7-9-15)18-11-10-17(30-18)13-24-27-22-26-21(29)19(31-22)12-20(28)25-16-4-2-1-3-5-16/h1-11,13,19H,12H2,(H,25,28)(H,26,27,29). The summed E-state index contributed by atoms with van der Waals surface area (Å²) in [6, 6.07) is 20.5. The SMILES string of the molecule is O=C(CC1S/C(=N/N=Cc2ccc(-c3ccc(Br)cc3)o2)NC1=O)Nc1ccccc1. The molecule has 2 N–H and O–H groups in total. The summed E-state index contributed by atoms with van der Waals surface area (Å²) in [7, 11) is 0. The van der Waals surface area contributed by atoms with Crippen molar-refractivity contribution in [2.24, 2.45) is 10.2 Å². The Hall–Kier alpha value is -3.17. The van der Waals surface area contributed by atoms with Gasteiger partial charge in [0.25, 0.3) is 0 Å². The Balaban J connectivity index is 1.32. The first-order valence-corrected chi connectivity index (χ1v) is 11.0. The van der Waals surface area contributed by atoms with E-state index in [1.54, 1.807) is 18.2 Å². The lowest BCUT2D eigenvalue weighted by atomic mass is 10.2. The van der Waals surface area contributed by atoms with E-state index in [0.717, 1.165) is 15.8 Å². The first-order valence-electron chi connectivity index (χ1n) is 9.36. The number of thioether (sulfide) groups is 1. The number of carbonyl (C=O) groups excluding carboxylic acids is 2. The van der Waals surface area contributed by atoms with Crippen LogP contribution in [0.5, 0.6) is 0 Å². The van der Waals surface area contributed by atoms with Crippen LogP contribution in [-0.2, 0) is 9.59 Å². The van der Waals surface area contributed by atoms with E-state index in [1.807, 2.05) is 48.5 Å². The summed E-state index contributed by atoms with van der Waals surface area (Å²) < 4.78 is 6.74.